The Labute approximate surface area is 186 Å². The highest BCUT2D eigenvalue weighted by molar-refractivity contribution is 5.86. The Morgan fingerprint density at radius 2 is 1.66 bits per heavy atom. The Hall–Kier alpha value is -3.51. The number of rotatable bonds is 6. The van der Waals surface area contributed by atoms with Crippen LogP contribution in [-0.2, 0) is 27.2 Å². The van der Waals surface area contributed by atoms with Crippen LogP contribution >= 0.6 is 0 Å². The van der Waals surface area contributed by atoms with Crippen molar-refractivity contribution in [3.05, 3.63) is 95.8 Å². The van der Waals surface area contributed by atoms with Crippen molar-refractivity contribution in [3.63, 3.8) is 0 Å². The van der Waals surface area contributed by atoms with Gasteiger partial charge in [0.1, 0.15) is 5.82 Å². The zero-order valence-electron chi connectivity index (χ0n) is 17.7. The first kappa shape index (κ1) is 21.7. The third kappa shape index (κ3) is 4.86. The molecule has 1 aliphatic rings. The summed E-state index contributed by atoms with van der Waals surface area (Å²) in [5.41, 5.74) is 8.20. The number of carbonyl (C=O) groups excluding carboxylic acids is 2. The molecule has 1 saturated heterocycles. The van der Waals surface area contributed by atoms with Gasteiger partial charge in [-0.25, -0.2) is 4.39 Å². The number of hydrogen-bond acceptors (Lipinski definition) is 3. The quantitative estimate of drug-likeness (QED) is 0.649. The van der Waals surface area contributed by atoms with Crippen molar-refractivity contribution in [2.24, 2.45) is 5.73 Å². The molecule has 5 nitrogen and oxygen atoms in total. The number of nitrogens with zero attached hydrogens (tertiary/aromatic N) is 1. The van der Waals surface area contributed by atoms with Crippen LogP contribution < -0.4 is 5.73 Å². The highest BCUT2D eigenvalue weighted by Gasteiger charge is 2.43. The van der Waals surface area contributed by atoms with Gasteiger partial charge in [0, 0.05) is 13.0 Å². The molecule has 1 heterocycles. The van der Waals surface area contributed by atoms with Crippen LogP contribution in [-0.4, -0.2) is 42.0 Å². The first-order valence-corrected chi connectivity index (χ1v) is 10.6. The minimum atomic E-state index is -1.30. The Morgan fingerprint density at radius 1 is 0.938 bits per heavy atom. The number of benzene rings is 3. The minimum absolute atomic E-state index is 0.0813. The summed E-state index contributed by atoms with van der Waals surface area (Å²) in [5, 5.41) is 0. The molecule has 2 N–H and O–H groups in total. The summed E-state index contributed by atoms with van der Waals surface area (Å²) in [7, 11) is 0. The maximum Gasteiger partial charge on any atom is 0.251 e. The molecule has 4 rings (SSSR count). The molecule has 0 bridgehead atoms. The molecule has 0 radical (unpaired) electrons. The van der Waals surface area contributed by atoms with Crippen LogP contribution in [0.2, 0.25) is 0 Å². The largest absolute Gasteiger partial charge is 0.367 e. The van der Waals surface area contributed by atoms with Crippen molar-refractivity contribution >= 4 is 11.8 Å². The standard InChI is InChI=1S/C26H25FN2O3/c27-23-11-9-19(10-12-23)16-24(30)29-13-14-32-26(18-29,25(28)31)17-20-5-4-8-22(15-20)21-6-2-1-3-7-21/h1-12,15H,13-14,16-18H2,(H2,28,31)/t26-/m1/s1. The van der Waals surface area contributed by atoms with E-state index in [0.29, 0.717) is 12.1 Å². The summed E-state index contributed by atoms with van der Waals surface area (Å²) in [6, 6.07) is 23.7. The van der Waals surface area contributed by atoms with Gasteiger partial charge >= 0.3 is 0 Å². The van der Waals surface area contributed by atoms with E-state index in [1.54, 1.807) is 17.0 Å². The van der Waals surface area contributed by atoms with Crippen LogP contribution in [0.15, 0.2) is 78.9 Å². The maximum absolute atomic E-state index is 13.1. The smallest absolute Gasteiger partial charge is 0.251 e. The number of ether oxygens (including phenoxy) is 1. The van der Waals surface area contributed by atoms with Gasteiger partial charge in [-0.3, -0.25) is 9.59 Å². The average molecular weight is 432 g/mol. The zero-order chi connectivity index (χ0) is 22.6. The molecule has 0 spiro atoms. The van der Waals surface area contributed by atoms with E-state index in [0.717, 1.165) is 16.7 Å². The van der Waals surface area contributed by atoms with Gasteiger partial charge in [-0.15, -0.1) is 0 Å². The molecule has 2 amide bonds. The van der Waals surface area contributed by atoms with Crippen LogP contribution in [0.5, 0.6) is 0 Å². The molecular weight excluding hydrogens is 407 g/mol. The lowest BCUT2D eigenvalue weighted by Gasteiger charge is -2.41. The fraction of sp³-hybridized carbons (Fsp3) is 0.231. The monoisotopic (exact) mass is 432 g/mol. The predicted octanol–water partition coefficient (Wildman–Crippen LogP) is 3.36. The minimum Gasteiger partial charge on any atom is -0.367 e. The Morgan fingerprint density at radius 3 is 2.38 bits per heavy atom. The predicted molar refractivity (Wildman–Crippen MR) is 120 cm³/mol. The molecule has 6 heteroatoms. The van der Waals surface area contributed by atoms with Crippen LogP contribution in [0.4, 0.5) is 4.39 Å². The number of nitrogens with two attached hydrogens (primary N) is 1. The SMILES string of the molecule is NC(=O)[C@@]1(Cc2cccc(-c3ccccc3)c2)CN(C(=O)Cc2ccc(F)cc2)CCO1. The van der Waals surface area contributed by atoms with Crippen molar-refractivity contribution in [1.82, 2.24) is 4.90 Å². The van der Waals surface area contributed by atoms with E-state index in [2.05, 4.69) is 0 Å². The summed E-state index contributed by atoms with van der Waals surface area (Å²) in [6.07, 6.45) is 0.391. The van der Waals surface area contributed by atoms with E-state index in [1.165, 1.54) is 12.1 Å². The van der Waals surface area contributed by atoms with Gasteiger partial charge in [-0.1, -0.05) is 66.7 Å². The van der Waals surface area contributed by atoms with E-state index in [-0.39, 0.29) is 37.7 Å². The molecule has 1 aliphatic heterocycles. The van der Waals surface area contributed by atoms with Crippen LogP contribution in [0.3, 0.4) is 0 Å². The van der Waals surface area contributed by atoms with Crippen molar-refractivity contribution < 1.29 is 18.7 Å². The van der Waals surface area contributed by atoms with E-state index in [1.807, 2.05) is 54.6 Å². The number of halogens is 1. The third-order valence-corrected chi connectivity index (χ3v) is 5.78. The second kappa shape index (κ2) is 9.32. The molecule has 0 unspecified atom stereocenters. The summed E-state index contributed by atoms with van der Waals surface area (Å²) >= 11 is 0. The fourth-order valence-electron chi connectivity index (χ4n) is 4.05. The lowest BCUT2D eigenvalue weighted by molar-refractivity contribution is -0.163. The summed E-state index contributed by atoms with van der Waals surface area (Å²) in [5.74, 6) is -1.09. The van der Waals surface area contributed by atoms with E-state index < -0.39 is 11.5 Å². The lowest BCUT2D eigenvalue weighted by Crippen LogP contribution is -2.61. The first-order valence-electron chi connectivity index (χ1n) is 10.6. The Balaban J connectivity index is 1.52. The average Bonchev–Trinajstić information content (AvgIpc) is 2.81. The van der Waals surface area contributed by atoms with E-state index in [4.69, 9.17) is 10.5 Å². The van der Waals surface area contributed by atoms with Crippen molar-refractivity contribution in [2.45, 2.75) is 18.4 Å². The number of primary amides is 1. The Bertz CT molecular complexity index is 1100. The van der Waals surface area contributed by atoms with Gasteiger partial charge in [-0.05, 0) is 34.4 Å². The summed E-state index contributed by atoms with van der Waals surface area (Å²) in [4.78, 5) is 27.0. The second-order valence-electron chi connectivity index (χ2n) is 8.07. The lowest BCUT2D eigenvalue weighted by atomic mass is 9.90. The number of amides is 2. The molecule has 0 aromatic heterocycles. The second-order valence-corrected chi connectivity index (χ2v) is 8.07. The molecule has 1 fully saturated rings. The fourth-order valence-corrected chi connectivity index (χ4v) is 4.05. The van der Waals surface area contributed by atoms with Gasteiger partial charge < -0.3 is 15.4 Å². The zero-order valence-corrected chi connectivity index (χ0v) is 17.7. The normalized spacial score (nSPS) is 18.3. The molecule has 0 saturated carbocycles. The van der Waals surface area contributed by atoms with E-state index >= 15 is 0 Å². The number of morpholine rings is 1. The molecule has 3 aromatic rings. The van der Waals surface area contributed by atoms with Crippen molar-refractivity contribution in [2.75, 3.05) is 19.7 Å². The number of carbonyl (C=O) groups is 2. The maximum atomic E-state index is 13.1. The van der Waals surface area contributed by atoms with Crippen molar-refractivity contribution in [3.8, 4) is 11.1 Å². The van der Waals surface area contributed by atoms with Crippen LogP contribution in [0, 0.1) is 5.82 Å². The van der Waals surface area contributed by atoms with E-state index in [9.17, 15) is 14.0 Å². The highest BCUT2D eigenvalue weighted by Crippen LogP contribution is 2.27. The third-order valence-electron chi connectivity index (χ3n) is 5.78. The van der Waals surface area contributed by atoms with Gasteiger partial charge in [-0.2, -0.15) is 0 Å². The van der Waals surface area contributed by atoms with Gasteiger partial charge in [0.2, 0.25) is 5.91 Å². The number of hydrogen-bond donors (Lipinski definition) is 1. The molecule has 1 atom stereocenters. The highest BCUT2D eigenvalue weighted by atomic mass is 19.1. The van der Waals surface area contributed by atoms with Gasteiger partial charge in [0.25, 0.3) is 5.91 Å². The van der Waals surface area contributed by atoms with Crippen molar-refractivity contribution in [1.29, 1.82) is 0 Å². The summed E-state index contributed by atoms with van der Waals surface area (Å²) < 4.78 is 19.1. The van der Waals surface area contributed by atoms with Gasteiger partial charge in [0.15, 0.2) is 5.60 Å². The summed E-state index contributed by atoms with van der Waals surface area (Å²) in [6.45, 7) is 0.674. The molecule has 32 heavy (non-hydrogen) atoms. The molecular formula is C26H25FN2O3. The first-order chi connectivity index (χ1) is 15.4. The molecule has 164 valence electrons. The topological polar surface area (TPSA) is 72.6 Å². The van der Waals surface area contributed by atoms with Gasteiger partial charge in [0.05, 0.1) is 19.6 Å². The molecule has 3 aromatic carbocycles. The van der Waals surface area contributed by atoms with Crippen LogP contribution in [0.25, 0.3) is 11.1 Å². The Kier molecular flexibility index (Phi) is 6.32. The molecule has 0 aliphatic carbocycles. The van der Waals surface area contributed by atoms with Crippen LogP contribution in [0.1, 0.15) is 11.1 Å².